The van der Waals surface area contributed by atoms with Gasteiger partial charge in [0.1, 0.15) is 5.75 Å². The van der Waals surface area contributed by atoms with E-state index >= 15 is 0 Å². The average Bonchev–Trinajstić information content (AvgIpc) is 3.10. The van der Waals surface area contributed by atoms with Crippen molar-refractivity contribution in [3.8, 4) is 5.75 Å². The predicted octanol–water partition coefficient (Wildman–Crippen LogP) is 4.88. The number of carbonyl (C=O) groups excluding carboxylic acids is 1. The summed E-state index contributed by atoms with van der Waals surface area (Å²) in [6.45, 7) is 2.06. The fraction of sp³-hybridized carbons (Fsp3) is 0.667. The summed E-state index contributed by atoms with van der Waals surface area (Å²) in [5, 5.41) is 3.28. The van der Waals surface area contributed by atoms with Gasteiger partial charge in [-0.15, -0.1) is 23.5 Å². The Morgan fingerprint density at radius 1 is 1.19 bits per heavy atom. The van der Waals surface area contributed by atoms with Crippen LogP contribution in [-0.4, -0.2) is 28.6 Å². The Kier molecular flexibility index (Phi) is 5.47. The van der Waals surface area contributed by atoms with E-state index in [0.29, 0.717) is 15.9 Å². The topological polar surface area (TPSA) is 38.3 Å². The van der Waals surface area contributed by atoms with Crippen LogP contribution < -0.4 is 10.1 Å². The molecule has 1 aromatic carbocycles. The van der Waals surface area contributed by atoms with Gasteiger partial charge in [0, 0.05) is 23.0 Å². The van der Waals surface area contributed by atoms with Gasteiger partial charge in [-0.05, 0) is 50.5 Å². The van der Waals surface area contributed by atoms with Crippen molar-refractivity contribution >= 4 is 29.4 Å². The Morgan fingerprint density at radius 2 is 1.85 bits per heavy atom. The summed E-state index contributed by atoms with van der Waals surface area (Å²) in [6.07, 6.45) is 6.11. The second-order valence-electron chi connectivity index (χ2n) is 7.88. The normalized spacial score (nSPS) is 30.8. The molecule has 142 valence electrons. The van der Waals surface area contributed by atoms with E-state index in [1.807, 2.05) is 24.3 Å². The van der Waals surface area contributed by atoms with E-state index in [4.69, 9.17) is 4.74 Å². The number of methoxy groups -OCH3 is 1. The van der Waals surface area contributed by atoms with Crippen molar-refractivity contribution < 1.29 is 9.53 Å². The minimum atomic E-state index is -0.0235. The van der Waals surface area contributed by atoms with Crippen LogP contribution in [0.25, 0.3) is 0 Å². The first-order valence-corrected chi connectivity index (χ1v) is 11.8. The lowest BCUT2D eigenvalue weighted by atomic mass is 9.67. The van der Waals surface area contributed by atoms with Gasteiger partial charge in [0.25, 0.3) is 0 Å². The maximum Gasteiger partial charge on any atom is 0.223 e. The molecule has 0 radical (unpaired) electrons. The molecule has 1 saturated heterocycles. The van der Waals surface area contributed by atoms with E-state index in [9.17, 15) is 4.79 Å². The Morgan fingerprint density at radius 3 is 2.50 bits per heavy atom. The second kappa shape index (κ2) is 7.67. The van der Waals surface area contributed by atoms with Gasteiger partial charge in [-0.25, -0.2) is 0 Å². The number of hydrogen-bond donors (Lipinski definition) is 1. The summed E-state index contributed by atoms with van der Waals surface area (Å²) in [7, 11) is 1.69. The smallest absolute Gasteiger partial charge is 0.223 e. The van der Waals surface area contributed by atoms with Gasteiger partial charge >= 0.3 is 0 Å². The summed E-state index contributed by atoms with van der Waals surface area (Å²) in [5.74, 6) is 5.27. The van der Waals surface area contributed by atoms with E-state index in [-0.39, 0.29) is 17.9 Å². The molecule has 3 unspecified atom stereocenters. The number of carbonyl (C=O) groups is 1. The quantitative estimate of drug-likeness (QED) is 0.794. The number of ether oxygens (including phenoxy) is 1. The molecule has 3 aliphatic rings. The van der Waals surface area contributed by atoms with Crippen LogP contribution in [0.5, 0.6) is 5.75 Å². The first kappa shape index (κ1) is 18.5. The summed E-state index contributed by atoms with van der Waals surface area (Å²) < 4.78 is 5.89. The van der Waals surface area contributed by atoms with E-state index in [1.165, 1.54) is 30.8 Å². The fourth-order valence-corrected chi connectivity index (χ4v) is 9.19. The molecule has 0 aromatic heterocycles. The lowest BCUT2D eigenvalue weighted by molar-refractivity contribution is -0.128. The lowest BCUT2D eigenvalue weighted by Crippen LogP contribution is -2.49. The van der Waals surface area contributed by atoms with Crippen LogP contribution in [0.15, 0.2) is 24.3 Å². The number of para-hydroxylation sites is 1. The van der Waals surface area contributed by atoms with Crippen LogP contribution in [0.3, 0.4) is 0 Å². The van der Waals surface area contributed by atoms with E-state index in [2.05, 4.69) is 35.8 Å². The molecule has 1 N–H and O–H groups in total. The molecule has 26 heavy (non-hydrogen) atoms. The molecule has 4 rings (SSSR count). The highest BCUT2D eigenvalue weighted by molar-refractivity contribution is 8.21. The number of nitrogens with one attached hydrogen (secondary N) is 1. The highest BCUT2D eigenvalue weighted by Crippen LogP contribution is 2.64. The van der Waals surface area contributed by atoms with Crippen LogP contribution in [0.4, 0.5) is 0 Å². The minimum absolute atomic E-state index is 0.0235. The number of benzene rings is 1. The Balaban J connectivity index is 1.44. The molecule has 1 spiro atoms. The molecule has 2 bridgehead atoms. The van der Waals surface area contributed by atoms with Crippen LogP contribution in [0.1, 0.15) is 50.6 Å². The summed E-state index contributed by atoms with van der Waals surface area (Å²) >= 11 is 4.40. The number of thioether (sulfide) groups is 2. The third kappa shape index (κ3) is 3.26. The highest BCUT2D eigenvalue weighted by Gasteiger charge is 2.55. The maximum absolute atomic E-state index is 13.1. The molecule has 1 aromatic rings. The van der Waals surface area contributed by atoms with Crippen LogP contribution in [-0.2, 0) is 4.79 Å². The summed E-state index contributed by atoms with van der Waals surface area (Å²) in [6, 6.07) is 7.95. The van der Waals surface area contributed by atoms with Crippen molar-refractivity contribution in [2.24, 2.45) is 17.8 Å². The number of hydrogen-bond acceptors (Lipinski definition) is 4. The SMILES string of the molecule is COc1ccccc1C(C)NC(=O)C1CC2CCCC(C1)C21SCCS1. The largest absolute Gasteiger partial charge is 0.496 e. The lowest BCUT2D eigenvalue weighted by Gasteiger charge is -2.52. The van der Waals surface area contributed by atoms with Gasteiger partial charge in [0.15, 0.2) is 0 Å². The molecule has 3 fully saturated rings. The first-order chi connectivity index (χ1) is 12.6. The zero-order valence-electron chi connectivity index (χ0n) is 15.7. The third-order valence-corrected chi connectivity index (χ3v) is 10.5. The molecule has 3 atom stereocenters. The van der Waals surface area contributed by atoms with Crippen LogP contribution in [0.2, 0.25) is 0 Å². The van der Waals surface area contributed by atoms with Crippen molar-refractivity contribution in [2.45, 2.75) is 49.1 Å². The predicted molar refractivity (Wildman–Crippen MR) is 111 cm³/mol. The van der Waals surface area contributed by atoms with Crippen molar-refractivity contribution in [3.63, 3.8) is 0 Å². The van der Waals surface area contributed by atoms with Crippen molar-refractivity contribution in [1.29, 1.82) is 0 Å². The van der Waals surface area contributed by atoms with E-state index in [1.54, 1.807) is 7.11 Å². The van der Waals surface area contributed by atoms with Crippen molar-refractivity contribution in [1.82, 2.24) is 5.32 Å². The van der Waals surface area contributed by atoms with Gasteiger partial charge in [0.2, 0.25) is 5.91 Å². The van der Waals surface area contributed by atoms with Gasteiger partial charge in [0.05, 0.1) is 17.2 Å². The van der Waals surface area contributed by atoms with Gasteiger partial charge < -0.3 is 10.1 Å². The molecular formula is C21H29NO2S2. The molecule has 2 saturated carbocycles. The maximum atomic E-state index is 13.1. The van der Waals surface area contributed by atoms with Crippen molar-refractivity contribution in [3.05, 3.63) is 29.8 Å². The zero-order chi connectivity index (χ0) is 18.1. The zero-order valence-corrected chi connectivity index (χ0v) is 17.3. The van der Waals surface area contributed by atoms with Crippen LogP contribution >= 0.6 is 23.5 Å². The monoisotopic (exact) mass is 391 g/mol. The number of amides is 1. The first-order valence-electron chi connectivity index (χ1n) is 9.85. The minimum Gasteiger partial charge on any atom is -0.496 e. The molecule has 1 amide bonds. The van der Waals surface area contributed by atoms with Crippen molar-refractivity contribution in [2.75, 3.05) is 18.6 Å². The fourth-order valence-electron chi connectivity index (χ4n) is 5.26. The van der Waals surface area contributed by atoms with E-state index in [0.717, 1.165) is 24.2 Å². The molecule has 1 heterocycles. The van der Waals surface area contributed by atoms with Crippen LogP contribution in [0, 0.1) is 17.8 Å². The average molecular weight is 392 g/mol. The second-order valence-corrected chi connectivity index (χ2v) is 10.9. The molecule has 3 nitrogen and oxygen atoms in total. The molecule has 5 heteroatoms. The third-order valence-electron chi connectivity index (χ3n) is 6.45. The Labute approximate surface area is 165 Å². The standard InChI is InChI=1S/C21H29NO2S2/c1-14(18-8-3-4-9-19(18)24-2)22-20(23)15-12-16-6-5-7-17(13-15)21(16)25-10-11-26-21/h3-4,8-9,14-17H,5-7,10-13H2,1-2H3,(H,22,23). The summed E-state index contributed by atoms with van der Waals surface area (Å²) in [4.78, 5) is 13.1. The Bertz CT molecular complexity index is 643. The molecular weight excluding hydrogens is 362 g/mol. The molecule has 1 aliphatic heterocycles. The van der Waals surface area contributed by atoms with Gasteiger partial charge in [-0.1, -0.05) is 24.6 Å². The number of rotatable bonds is 4. The summed E-state index contributed by atoms with van der Waals surface area (Å²) in [5.41, 5.74) is 1.05. The highest BCUT2D eigenvalue weighted by atomic mass is 32.2. The van der Waals surface area contributed by atoms with Gasteiger partial charge in [-0.3, -0.25) is 4.79 Å². The van der Waals surface area contributed by atoms with E-state index < -0.39 is 0 Å². The van der Waals surface area contributed by atoms with Gasteiger partial charge in [-0.2, -0.15) is 0 Å². The molecule has 2 aliphatic carbocycles. The Hall–Kier alpha value is -0.810.